The first-order chi connectivity index (χ1) is 10.8. The molecule has 0 N–H and O–H groups in total. The molecule has 0 bridgehead atoms. The van der Waals surface area contributed by atoms with E-state index in [1.165, 1.54) is 0 Å². The summed E-state index contributed by atoms with van der Waals surface area (Å²) in [6.45, 7) is 2.02. The second kappa shape index (κ2) is 6.75. The molecule has 0 aliphatic rings. The summed E-state index contributed by atoms with van der Waals surface area (Å²) in [6, 6.07) is 17.4. The van der Waals surface area contributed by atoms with E-state index in [0.717, 1.165) is 22.2 Å². The summed E-state index contributed by atoms with van der Waals surface area (Å²) in [7, 11) is 0. The maximum Gasteiger partial charge on any atom is 0.268 e. The quantitative estimate of drug-likeness (QED) is 0.641. The lowest BCUT2D eigenvalue weighted by Crippen LogP contribution is -2.06. The van der Waals surface area contributed by atoms with Crippen LogP contribution in [0.2, 0.25) is 0 Å². The van der Waals surface area contributed by atoms with Crippen molar-refractivity contribution in [1.82, 2.24) is 10.1 Å². The second-order valence-corrected chi connectivity index (χ2v) is 5.71. The van der Waals surface area contributed by atoms with Gasteiger partial charge in [0.2, 0.25) is 5.82 Å². The Balaban J connectivity index is 1.80. The van der Waals surface area contributed by atoms with Crippen LogP contribution < -0.4 is 4.74 Å². The van der Waals surface area contributed by atoms with Crippen LogP contribution in [0.5, 0.6) is 5.75 Å². The van der Waals surface area contributed by atoms with Crippen molar-refractivity contribution in [3.63, 3.8) is 0 Å². The van der Waals surface area contributed by atoms with Crippen LogP contribution in [-0.4, -0.2) is 10.1 Å². The molecule has 0 unspecified atom stereocenters. The highest BCUT2D eigenvalue weighted by atomic mass is 79.9. The molecule has 0 fully saturated rings. The monoisotopic (exact) mass is 358 g/mol. The van der Waals surface area contributed by atoms with E-state index in [2.05, 4.69) is 26.1 Å². The lowest BCUT2D eigenvalue weighted by Gasteiger charge is -2.13. The third kappa shape index (κ3) is 3.36. The highest BCUT2D eigenvalue weighted by Gasteiger charge is 2.19. The fraction of sp³-hybridized carbons (Fsp3) is 0.176. The SMILES string of the molecule is CC[C@H](Oc1ccccc1)c1nc(-c2ccc(Br)cc2)no1. The van der Waals surface area contributed by atoms with E-state index in [4.69, 9.17) is 9.26 Å². The molecule has 4 nitrogen and oxygen atoms in total. The first-order valence-electron chi connectivity index (χ1n) is 7.07. The number of rotatable bonds is 5. The molecule has 1 aromatic heterocycles. The van der Waals surface area contributed by atoms with Crippen LogP contribution in [0.4, 0.5) is 0 Å². The Bertz CT molecular complexity index is 726. The average molecular weight is 359 g/mol. The molecule has 3 aromatic rings. The molecule has 0 spiro atoms. The van der Waals surface area contributed by atoms with Gasteiger partial charge in [0.1, 0.15) is 5.75 Å². The largest absolute Gasteiger partial charge is 0.481 e. The molecule has 3 rings (SSSR count). The number of benzene rings is 2. The zero-order chi connectivity index (χ0) is 15.4. The molecule has 1 heterocycles. The van der Waals surface area contributed by atoms with E-state index in [1.54, 1.807) is 0 Å². The number of hydrogen-bond donors (Lipinski definition) is 0. The molecule has 0 aliphatic heterocycles. The molecular formula is C17H15BrN2O2. The molecule has 0 saturated heterocycles. The zero-order valence-electron chi connectivity index (χ0n) is 12.1. The van der Waals surface area contributed by atoms with Crippen molar-refractivity contribution in [3.8, 4) is 17.1 Å². The number of hydrogen-bond acceptors (Lipinski definition) is 4. The minimum atomic E-state index is -0.251. The van der Waals surface area contributed by atoms with Crippen LogP contribution in [0.15, 0.2) is 63.6 Å². The Morgan fingerprint density at radius 2 is 1.82 bits per heavy atom. The highest BCUT2D eigenvalue weighted by Crippen LogP contribution is 2.26. The van der Waals surface area contributed by atoms with E-state index >= 15 is 0 Å². The predicted molar refractivity (Wildman–Crippen MR) is 87.5 cm³/mol. The Morgan fingerprint density at radius 3 is 2.50 bits per heavy atom. The van der Waals surface area contributed by atoms with Gasteiger partial charge < -0.3 is 9.26 Å². The summed E-state index contributed by atoms with van der Waals surface area (Å²) in [4.78, 5) is 4.46. The molecule has 22 heavy (non-hydrogen) atoms. The van der Waals surface area contributed by atoms with Gasteiger partial charge in [-0.2, -0.15) is 4.98 Å². The molecule has 0 saturated carbocycles. The molecule has 112 valence electrons. The van der Waals surface area contributed by atoms with Gasteiger partial charge in [-0.15, -0.1) is 0 Å². The van der Waals surface area contributed by atoms with Crippen LogP contribution >= 0.6 is 15.9 Å². The smallest absolute Gasteiger partial charge is 0.268 e. The molecule has 5 heteroatoms. The van der Waals surface area contributed by atoms with Gasteiger partial charge in [0, 0.05) is 10.0 Å². The van der Waals surface area contributed by atoms with Gasteiger partial charge in [0.25, 0.3) is 5.89 Å². The zero-order valence-corrected chi connectivity index (χ0v) is 13.7. The maximum absolute atomic E-state index is 5.91. The number of aromatic nitrogens is 2. The Morgan fingerprint density at radius 1 is 1.09 bits per heavy atom. The standard InChI is InChI=1S/C17H15BrN2O2/c1-2-15(21-14-6-4-3-5-7-14)17-19-16(20-22-17)12-8-10-13(18)11-9-12/h3-11,15H,2H2,1H3/t15-/m0/s1. The van der Waals surface area contributed by atoms with Crippen molar-refractivity contribution in [1.29, 1.82) is 0 Å². The minimum absolute atomic E-state index is 0.251. The first-order valence-corrected chi connectivity index (χ1v) is 7.87. The molecule has 0 amide bonds. The van der Waals surface area contributed by atoms with Crippen molar-refractivity contribution < 1.29 is 9.26 Å². The van der Waals surface area contributed by atoms with Crippen molar-refractivity contribution in [2.24, 2.45) is 0 Å². The minimum Gasteiger partial charge on any atom is -0.481 e. The first kappa shape index (κ1) is 14.8. The number of halogens is 1. The number of nitrogens with zero attached hydrogens (tertiary/aromatic N) is 2. The van der Waals surface area contributed by atoms with Crippen LogP contribution in [-0.2, 0) is 0 Å². The van der Waals surface area contributed by atoms with Gasteiger partial charge in [-0.25, -0.2) is 0 Å². The molecule has 1 atom stereocenters. The molecule has 0 radical (unpaired) electrons. The van der Waals surface area contributed by atoms with E-state index in [1.807, 2.05) is 61.5 Å². The molecular weight excluding hydrogens is 344 g/mol. The number of ether oxygens (including phenoxy) is 1. The lowest BCUT2D eigenvalue weighted by molar-refractivity contribution is 0.154. The van der Waals surface area contributed by atoms with E-state index < -0.39 is 0 Å². The average Bonchev–Trinajstić information content (AvgIpc) is 3.04. The van der Waals surface area contributed by atoms with Gasteiger partial charge in [-0.05, 0) is 42.8 Å². The van der Waals surface area contributed by atoms with Gasteiger partial charge in [-0.3, -0.25) is 0 Å². The van der Waals surface area contributed by atoms with Gasteiger partial charge in [0.05, 0.1) is 0 Å². The third-order valence-corrected chi connectivity index (χ3v) is 3.74. The van der Waals surface area contributed by atoms with Gasteiger partial charge in [0.15, 0.2) is 6.10 Å². The maximum atomic E-state index is 5.91. The second-order valence-electron chi connectivity index (χ2n) is 4.79. The van der Waals surface area contributed by atoms with E-state index in [-0.39, 0.29) is 6.10 Å². The Hall–Kier alpha value is -2.14. The van der Waals surface area contributed by atoms with E-state index in [9.17, 15) is 0 Å². The fourth-order valence-electron chi connectivity index (χ4n) is 2.05. The summed E-state index contributed by atoms with van der Waals surface area (Å²) in [5.41, 5.74) is 0.910. The summed E-state index contributed by atoms with van der Waals surface area (Å²) >= 11 is 3.41. The summed E-state index contributed by atoms with van der Waals surface area (Å²) < 4.78 is 12.3. The van der Waals surface area contributed by atoms with Crippen LogP contribution in [0, 0.1) is 0 Å². The molecule has 0 aliphatic carbocycles. The van der Waals surface area contributed by atoms with Gasteiger partial charge in [-0.1, -0.05) is 46.2 Å². The van der Waals surface area contributed by atoms with Gasteiger partial charge >= 0.3 is 0 Å². The fourth-order valence-corrected chi connectivity index (χ4v) is 2.32. The summed E-state index contributed by atoms with van der Waals surface area (Å²) in [5, 5.41) is 4.05. The van der Waals surface area contributed by atoms with Crippen molar-refractivity contribution >= 4 is 15.9 Å². The van der Waals surface area contributed by atoms with Crippen molar-refractivity contribution in [2.45, 2.75) is 19.4 Å². The summed E-state index contributed by atoms with van der Waals surface area (Å²) in [5.74, 6) is 1.85. The lowest BCUT2D eigenvalue weighted by atomic mass is 10.2. The van der Waals surface area contributed by atoms with Crippen molar-refractivity contribution in [2.75, 3.05) is 0 Å². The third-order valence-electron chi connectivity index (χ3n) is 3.21. The number of para-hydroxylation sites is 1. The normalized spacial score (nSPS) is 12.1. The summed E-state index contributed by atoms with van der Waals surface area (Å²) in [6.07, 6.45) is 0.496. The Kier molecular flexibility index (Phi) is 4.53. The van der Waals surface area contributed by atoms with Crippen LogP contribution in [0.25, 0.3) is 11.4 Å². The van der Waals surface area contributed by atoms with Crippen LogP contribution in [0.1, 0.15) is 25.3 Å². The van der Waals surface area contributed by atoms with E-state index in [0.29, 0.717) is 11.7 Å². The predicted octanol–water partition coefficient (Wildman–Crippen LogP) is 5.03. The highest BCUT2D eigenvalue weighted by molar-refractivity contribution is 9.10. The Labute approximate surface area is 137 Å². The molecule has 2 aromatic carbocycles. The topological polar surface area (TPSA) is 48.2 Å². The van der Waals surface area contributed by atoms with Crippen LogP contribution in [0.3, 0.4) is 0 Å². The van der Waals surface area contributed by atoms with Crippen molar-refractivity contribution in [3.05, 3.63) is 65.0 Å².